The normalized spacial score (nSPS) is 14.7. The number of benzene rings is 3. The standard InChI is InChI=1S/C37H43ClN2O6Si/c1-22(39)18-25(41)19-29-28-20-27(30(38)21-31(28)40(34(29)42)35(43)45-36(2,3)4)24-16-14-23(15-17-24)26-12-11-13-32(44-8)33(26)46-47(9,10)37(5,6)7/h11-21H,39H2,1-10H3. The van der Waals surface area contributed by atoms with E-state index in [0.29, 0.717) is 27.6 Å². The molecule has 10 heteroatoms. The summed E-state index contributed by atoms with van der Waals surface area (Å²) in [6.45, 7) is 17.6. The minimum Gasteiger partial charge on any atom is -0.541 e. The molecule has 8 nitrogen and oxygen atoms in total. The zero-order valence-electron chi connectivity index (χ0n) is 28.7. The van der Waals surface area contributed by atoms with Crippen molar-refractivity contribution in [1.82, 2.24) is 0 Å². The molecule has 3 aromatic carbocycles. The Bertz CT molecular complexity index is 1790. The van der Waals surface area contributed by atoms with Crippen LogP contribution in [0.25, 0.3) is 27.8 Å². The van der Waals surface area contributed by atoms with Gasteiger partial charge in [-0.15, -0.1) is 0 Å². The number of ketones is 1. The molecule has 0 saturated carbocycles. The molecule has 1 aliphatic rings. The van der Waals surface area contributed by atoms with E-state index in [9.17, 15) is 14.4 Å². The van der Waals surface area contributed by atoms with Gasteiger partial charge in [0.25, 0.3) is 14.2 Å². The van der Waals surface area contributed by atoms with Crippen LogP contribution in [0.1, 0.15) is 54.0 Å². The number of nitrogens with zero attached hydrogens (tertiary/aromatic N) is 1. The molecule has 0 spiro atoms. The highest BCUT2D eigenvalue weighted by Gasteiger charge is 2.41. The largest absolute Gasteiger partial charge is 0.541 e. The Morgan fingerprint density at radius 1 is 0.915 bits per heavy atom. The van der Waals surface area contributed by atoms with Crippen molar-refractivity contribution < 1.29 is 28.3 Å². The number of nitrogens with two attached hydrogens (primary N) is 1. The number of fused-ring (bicyclic) bond motifs is 1. The number of rotatable bonds is 7. The molecular formula is C37H43ClN2O6Si. The molecule has 0 radical (unpaired) electrons. The second kappa shape index (κ2) is 13.0. The van der Waals surface area contributed by atoms with E-state index in [4.69, 9.17) is 31.2 Å². The summed E-state index contributed by atoms with van der Waals surface area (Å²) in [6, 6.07) is 16.9. The van der Waals surface area contributed by atoms with E-state index >= 15 is 0 Å². The Hall–Kier alpha value is -4.34. The van der Waals surface area contributed by atoms with Gasteiger partial charge in [0.15, 0.2) is 17.3 Å². The number of para-hydroxylation sites is 1. The van der Waals surface area contributed by atoms with E-state index in [0.717, 1.165) is 21.6 Å². The number of allylic oxidation sites excluding steroid dienone is 3. The third-order valence-electron chi connectivity index (χ3n) is 8.15. The minimum absolute atomic E-state index is 0.0168. The van der Waals surface area contributed by atoms with E-state index in [-0.39, 0.29) is 22.0 Å². The fraction of sp³-hybridized carbons (Fsp3) is 0.324. The lowest BCUT2D eigenvalue weighted by molar-refractivity contribution is -0.113. The van der Waals surface area contributed by atoms with Crippen LogP contribution < -0.4 is 19.8 Å². The number of methoxy groups -OCH3 is 1. The topological polar surface area (TPSA) is 108 Å². The monoisotopic (exact) mass is 674 g/mol. The molecule has 0 aromatic heterocycles. The van der Waals surface area contributed by atoms with Crippen LogP contribution in [0.5, 0.6) is 11.5 Å². The van der Waals surface area contributed by atoms with Gasteiger partial charge in [0.2, 0.25) is 0 Å². The van der Waals surface area contributed by atoms with Crippen molar-refractivity contribution in [2.45, 2.75) is 72.2 Å². The molecule has 248 valence electrons. The molecule has 1 heterocycles. The first-order chi connectivity index (χ1) is 21.7. The summed E-state index contributed by atoms with van der Waals surface area (Å²) in [6.07, 6.45) is 1.52. The number of hydrogen-bond donors (Lipinski definition) is 1. The summed E-state index contributed by atoms with van der Waals surface area (Å²) in [4.78, 5) is 40.4. The zero-order chi connectivity index (χ0) is 35.1. The van der Waals surface area contributed by atoms with Crippen LogP contribution in [0.2, 0.25) is 23.2 Å². The molecule has 2 N–H and O–H groups in total. The number of carbonyl (C=O) groups is 3. The summed E-state index contributed by atoms with van der Waals surface area (Å²) >= 11 is 6.82. The summed E-state index contributed by atoms with van der Waals surface area (Å²) in [5.41, 5.74) is 8.96. The van der Waals surface area contributed by atoms with E-state index < -0.39 is 31.7 Å². The van der Waals surface area contributed by atoms with Crippen molar-refractivity contribution in [1.29, 1.82) is 0 Å². The first-order valence-corrected chi connectivity index (χ1v) is 18.6. The Balaban J connectivity index is 1.81. The van der Waals surface area contributed by atoms with Crippen molar-refractivity contribution in [3.63, 3.8) is 0 Å². The molecule has 0 saturated heterocycles. The molecule has 0 bridgehead atoms. The average Bonchev–Trinajstić information content (AvgIpc) is 3.20. The molecule has 4 rings (SSSR count). The van der Waals surface area contributed by atoms with Gasteiger partial charge in [-0.2, -0.15) is 0 Å². The van der Waals surface area contributed by atoms with Crippen LogP contribution in [-0.2, 0) is 14.3 Å². The van der Waals surface area contributed by atoms with Gasteiger partial charge in [-0.05, 0) is 81.2 Å². The lowest BCUT2D eigenvalue weighted by atomic mass is 9.96. The summed E-state index contributed by atoms with van der Waals surface area (Å²) in [5.74, 6) is 0.180. The predicted octanol–water partition coefficient (Wildman–Crippen LogP) is 9.16. The molecule has 0 aliphatic carbocycles. The van der Waals surface area contributed by atoms with Gasteiger partial charge in [-0.3, -0.25) is 9.59 Å². The van der Waals surface area contributed by atoms with Crippen LogP contribution in [0.4, 0.5) is 10.5 Å². The third-order valence-corrected chi connectivity index (χ3v) is 12.8. The summed E-state index contributed by atoms with van der Waals surface area (Å²) < 4.78 is 18.0. The first-order valence-electron chi connectivity index (χ1n) is 15.3. The predicted molar refractivity (Wildman–Crippen MR) is 191 cm³/mol. The molecule has 0 unspecified atom stereocenters. The number of amides is 2. The van der Waals surface area contributed by atoms with Crippen LogP contribution in [0.3, 0.4) is 0 Å². The number of anilines is 1. The highest BCUT2D eigenvalue weighted by Crippen LogP contribution is 2.46. The zero-order valence-corrected chi connectivity index (χ0v) is 30.5. The molecule has 1 aliphatic heterocycles. The van der Waals surface area contributed by atoms with Gasteiger partial charge in [0, 0.05) is 28.5 Å². The maximum atomic E-state index is 13.6. The summed E-state index contributed by atoms with van der Waals surface area (Å²) in [5, 5.41) is 0.295. The van der Waals surface area contributed by atoms with Crippen molar-refractivity contribution in [3.05, 3.63) is 83.0 Å². The van der Waals surface area contributed by atoms with Gasteiger partial charge >= 0.3 is 6.09 Å². The Morgan fingerprint density at radius 3 is 2.04 bits per heavy atom. The molecular weight excluding hydrogens is 632 g/mol. The van der Waals surface area contributed by atoms with E-state index in [2.05, 4.69) is 33.9 Å². The van der Waals surface area contributed by atoms with Crippen LogP contribution >= 0.6 is 11.6 Å². The fourth-order valence-electron chi connectivity index (χ4n) is 4.81. The van der Waals surface area contributed by atoms with Gasteiger partial charge in [0.1, 0.15) is 5.60 Å². The number of hydrogen-bond acceptors (Lipinski definition) is 7. The van der Waals surface area contributed by atoms with E-state index in [1.807, 2.05) is 42.5 Å². The fourth-order valence-corrected chi connectivity index (χ4v) is 6.11. The van der Waals surface area contributed by atoms with Gasteiger partial charge in [-0.25, -0.2) is 9.69 Å². The highest BCUT2D eigenvalue weighted by molar-refractivity contribution is 6.74. The number of imide groups is 1. The van der Waals surface area contributed by atoms with Crippen LogP contribution in [0, 0.1) is 0 Å². The lowest BCUT2D eigenvalue weighted by Gasteiger charge is -2.37. The first kappa shape index (κ1) is 35.5. The van der Waals surface area contributed by atoms with E-state index in [1.165, 1.54) is 12.2 Å². The maximum Gasteiger partial charge on any atom is 0.422 e. The molecule has 47 heavy (non-hydrogen) atoms. The Labute approximate surface area is 283 Å². The Morgan fingerprint density at radius 2 is 1.51 bits per heavy atom. The van der Waals surface area contributed by atoms with Crippen LogP contribution in [0.15, 0.2) is 72.4 Å². The minimum atomic E-state index is -2.20. The van der Waals surface area contributed by atoms with Gasteiger partial charge in [-0.1, -0.05) is 68.8 Å². The lowest BCUT2D eigenvalue weighted by Crippen LogP contribution is -2.44. The third kappa shape index (κ3) is 7.63. The summed E-state index contributed by atoms with van der Waals surface area (Å²) in [7, 11) is -0.567. The molecule has 0 atom stereocenters. The maximum absolute atomic E-state index is 13.6. The second-order valence-electron chi connectivity index (χ2n) is 14.1. The SMILES string of the molecule is COc1cccc(-c2ccc(-c3cc4c(cc3Cl)N(C(=O)OC(C)(C)C)C(=O)C4=CC(=O)C=C(C)N)cc2)c1O[Si](C)(C)C(C)(C)C. The van der Waals surface area contributed by atoms with Crippen molar-refractivity contribution in [3.8, 4) is 33.8 Å². The molecule has 2 amide bonds. The molecule has 0 fully saturated rings. The van der Waals surface area contributed by atoms with E-state index in [1.54, 1.807) is 46.9 Å². The van der Waals surface area contributed by atoms with Crippen molar-refractivity contribution >= 4 is 49.0 Å². The number of ether oxygens (including phenoxy) is 2. The highest BCUT2D eigenvalue weighted by atomic mass is 35.5. The van der Waals surface area contributed by atoms with Crippen molar-refractivity contribution in [2.75, 3.05) is 12.0 Å². The van der Waals surface area contributed by atoms with Gasteiger partial charge in [0.05, 0.1) is 23.4 Å². The van der Waals surface area contributed by atoms with Crippen LogP contribution in [-0.4, -0.2) is 38.8 Å². The smallest absolute Gasteiger partial charge is 0.422 e. The Kier molecular flexibility index (Phi) is 9.85. The van der Waals surface area contributed by atoms with Crippen molar-refractivity contribution in [2.24, 2.45) is 5.73 Å². The average molecular weight is 675 g/mol. The quantitative estimate of drug-likeness (QED) is 0.197. The number of carbonyl (C=O) groups excluding carboxylic acids is 3. The molecule has 3 aromatic rings. The van der Waals surface area contributed by atoms with Gasteiger partial charge < -0.3 is 19.6 Å². The number of halogens is 1. The second-order valence-corrected chi connectivity index (χ2v) is 19.2.